The highest BCUT2D eigenvalue weighted by Crippen LogP contribution is 2.23. The number of hydrogen-bond acceptors (Lipinski definition) is 2. The van der Waals surface area contributed by atoms with E-state index < -0.39 is 0 Å². The summed E-state index contributed by atoms with van der Waals surface area (Å²) < 4.78 is 18.4. The quantitative estimate of drug-likeness (QED) is 0.885. The molecule has 0 aliphatic carbocycles. The molecule has 0 amide bonds. The summed E-state index contributed by atoms with van der Waals surface area (Å²) in [4.78, 5) is 0. The van der Waals surface area contributed by atoms with Crippen molar-refractivity contribution in [3.8, 4) is 5.75 Å². The highest BCUT2D eigenvalue weighted by atomic mass is 19.1. The van der Waals surface area contributed by atoms with E-state index in [4.69, 9.17) is 4.74 Å². The molecule has 0 unspecified atom stereocenters. The van der Waals surface area contributed by atoms with Crippen molar-refractivity contribution in [2.24, 2.45) is 0 Å². The molecule has 94 valence electrons. The molecule has 0 saturated carbocycles. The lowest BCUT2D eigenvalue weighted by molar-refractivity contribution is 0.416. The van der Waals surface area contributed by atoms with Crippen molar-refractivity contribution in [1.82, 2.24) is 0 Å². The molecule has 0 fully saturated rings. The standard InChI is InChI=1S/C15H16FNO/c1-11-9-12(7-8-13(11)16)10-17-14-5-3-4-6-15(14)18-2/h3-9,17H,10H2,1-2H3. The van der Waals surface area contributed by atoms with Gasteiger partial charge in [-0.3, -0.25) is 0 Å². The molecule has 2 nitrogen and oxygen atoms in total. The van der Waals surface area contributed by atoms with Gasteiger partial charge in [-0.1, -0.05) is 24.3 Å². The maximum Gasteiger partial charge on any atom is 0.141 e. The van der Waals surface area contributed by atoms with Crippen LogP contribution >= 0.6 is 0 Å². The predicted molar refractivity (Wildman–Crippen MR) is 71.5 cm³/mol. The summed E-state index contributed by atoms with van der Waals surface area (Å²) in [7, 11) is 1.64. The van der Waals surface area contributed by atoms with Gasteiger partial charge < -0.3 is 10.1 Å². The first-order valence-corrected chi connectivity index (χ1v) is 5.82. The summed E-state index contributed by atoms with van der Waals surface area (Å²) in [6, 6.07) is 12.8. The Hall–Kier alpha value is -2.03. The second-order valence-electron chi connectivity index (χ2n) is 4.14. The lowest BCUT2D eigenvalue weighted by atomic mass is 10.1. The third-order valence-corrected chi connectivity index (χ3v) is 2.81. The Bertz CT molecular complexity index is 540. The SMILES string of the molecule is COc1ccccc1NCc1ccc(F)c(C)c1. The first-order chi connectivity index (χ1) is 8.70. The van der Waals surface area contributed by atoms with Gasteiger partial charge in [-0.2, -0.15) is 0 Å². The number of para-hydroxylation sites is 2. The Morgan fingerprint density at radius 2 is 1.94 bits per heavy atom. The molecule has 2 aromatic rings. The number of aryl methyl sites for hydroxylation is 1. The van der Waals surface area contributed by atoms with Crippen LogP contribution in [0.2, 0.25) is 0 Å². The molecule has 18 heavy (non-hydrogen) atoms. The molecule has 0 aliphatic rings. The van der Waals surface area contributed by atoms with Crippen LogP contribution in [0.1, 0.15) is 11.1 Å². The van der Waals surface area contributed by atoms with Crippen molar-refractivity contribution in [2.75, 3.05) is 12.4 Å². The second kappa shape index (κ2) is 5.54. The Labute approximate surface area is 106 Å². The molecule has 2 aromatic carbocycles. The molecule has 0 atom stereocenters. The van der Waals surface area contributed by atoms with Crippen molar-refractivity contribution in [2.45, 2.75) is 13.5 Å². The van der Waals surface area contributed by atoms with Gasteiger partial charge in [-0.05, 0) is 36.2 Å². The lowest BCUT2D eigenvalue weighted by Gasteiger charge is -2.11. The van der Waals surface area contributed by atoms with Crippen molar-refractivity contribution < 1.29 is 9.13 Å². The number of halogens is 1. The van der Waals surface area contributed by atoms with Crippen LogP contribution in [0.3, 0.4) is 0 Å². The van der Waals surface area contributed by atoms with Crippen molar-refractivity contribution in [1.29, 1.82) is 0 Å². The average molecular weight is 245 g/mol. The Morgan fingerprint density at radius 1 is 1.17 bits per heavy atom. The summed E-state index contributed by atoms with van der Waals surface area (Å²) in [5, 5.41) is 3.28. The lowest BCUT2D eigenvalue weighted by Crippen LogP contribution is -2.01. The summed E-state index contributed by atoms with van der Waals surface area (Å²) in [6.07, 6.45) is 0. The van der Waals surface area contributed by atoms with E-state index in [1.165, 1.54) is 6.07 Å². The molecule has 0 aromatic heterocycles. The Balaban J connectivity index is 2.09. The molecule has 0 radical (unpaired) electrons. The van der Waals surface area contributed by atoms with Gasteiger partial charge in [0.15, 0.2) is 0 Å². The number of hydrogen-bond donors (Lipinski definition) is 1. The minimum atomic E-state index is -0.170. The Kier molecular flexibility index (Phi) is 3.82. The van der Waals surface area contributed by atoms with Crippen LogP contribution in [0.25, 0.3) is 0 Å². The topological polar surface area (TPSA) is 21.3 Å². The molecular formula is C15H16FNO. The zero-order chi connectivity index (χ0) is 13.0. The van der Waals surface area contributed by atoms with E-state index in [0.29, 0.717) is 12.1 Å². The number of nitrogens with one attached hydrogen (secondary N) is 1. The number of methoxy groups -OCH3 is 1. The molecule has 0 aliphatic heterocycles. The van der Waals surface area contributed by atoms with Gasteiger partial charge in [0, 0.05) is 6.54 Å². The normalized spacial score (nSPS) is 10.2. The minimum absolute atomic E-state index is 0.170. The molecular weight excluding hydrogens is 229 g/mol. The fraction of sp³-hybridized carbons (Fsp3) is 0.200. The Morgan fingerprint density at radius 3 is 2.67 bits per heavy atom. The fourth-order valence-electron chi connectivity index (χ4n) is 1.80. The van der Waals surface area contributed by atoms with Crippen molar-refractivity contribution >= 4 is 5.69 Å². The highest BCUT2D eigenvalue weighted by Gasteiger charge is 2.02. The van der Waals surface area contributed by atoms with Gasteiger partial charge in [0.1, 0.15) is 11.6 Å². The van der Waals surface area contributed by atoms with Gasteiger partial charge in [0.05, 0.1) is 12.8 Å². The minimum Gasteiger partial charge on any atom is -0.495 e. The number of ether oxygens (including phenoxy) is 1. The van der Waals surface area contributed by atoms with Gasteiger partial charge in [-0.25, -0.2) is 4.39 Å². The van der Waals surface area contributed by atoms with E-state index in [-0.39, 0.29) is 5.82 Å². The average Bonchev–Trinajstić information content (AvgIpc) is 2.40. The maximum absolute atomic E-state index is 13.1. The smallest absolute Gasteiger partial charge is 0.141 e. The van der Waals surface area contributed by atoms with Gasteiger partial charge in [-0.15, -0.1) is 0 Å². The first-order valence-electron chi connectivity index (χ1n) is 5.82. The largest absolute Gasteiger partial charge is 0.495 e. The van der Waals surface area contributed by atoms with Gasteiger partial charge in [0.25, 0.3) is 0 Å². The highest BCUT2D eigenvalue weighted by molar-refractivity contribution is 5.56. The van der Waals surface area contributed by atoms with Gasteiger partial charge in [0.2, 0.25) is 0 Å². The molecule has 1 N–H and O–H groups in total. The van der Waals surface area contributed by atoms with E-state index in [1.807, 2.05) is 30.3 Å². The number of benzene rings is 2. The van der Waals surface area contributed by atoms with E-state index in [2.05, 4.69) is 5.32 Å². The fourth-order valence-corrected chi connectivity index (χ4v) is 1.80. The van der Waals surface area contributed by atoms with E-state index >= 15 is 0 Å². The summed E-state index contributed by atoms with van der Waals surface area (Å²) in [5.41, 5.74) is 2.64. The third kappa shape index (κ3) is 2.80. The number of anilines is 1. The van der Waals surface area contributed by atoms with E-state index in [9.17, 15) is 4.39 Å². The zero-order valence-corrected chi connectivity index (χ0v) is 10.5. The van der Waals surface area contributed by atoms with Crippen LogP contribution in [-0.4, -0.2) is 7.11 Å². The van der Waals surface area contributed by atoms with E-state index in [1.54, 1.807) is 20.1 Å². The van der Waals surface area contributed by atoms with Gasteiger partial charge >= 0.3 is 0 Å². The summed E-state index contributed by atoms with van der Waals surface area (Å²) in [5.74, 6) is 0.632. The van der Waals surface area contributed by atoms with Crippen LogP contribution in [0.5, 0.6) is 5.75 Å². The van der Waals surface area contributed by atoms with Crippen LogP contribution in [0.15, 0.2) is 42.5 Å². The summed E-state index contributed by atoms with van der Waals surface area (Å²) in [6.45, 7) is 2.41. The van der Waals surface area contributed by atoms with Crippen LogP contribution in [0, 0.1) is 12.7 Å². The second-order valence-corrected chi connectivity index (χ2v) is 4.14. The molecule has 0 saturated heterocycles. The maximum atomic E-state index is 13.1. The third-order valence-electron chi connectivity index (χ3n) is 2.81. The summed E-state index contributed by atoms with van der Waals surface area (Å²) >= 11 is 0. The molecule has 0 spiro atoms. The molecule has 0 heterocycles. The predicted octanol–water partition coefficient (Wildman–Crippen LogP) is 3.75. The molecule has 2 rings (SSSR count). The van der Waals surface area contributed by atoms with Crippen LogP contribution < -0.4 is 10.1 Å². The number of rotatable bonds is 4. The first kappa shape index (κ1) is 12.4. The van der Waals surface area contributed by atoms with Crippen molar-refractivity contribution in [3.63, 3.8) is 0 Å². The van der Waals surface area contributed by atoms with Crippen LogP contribution in [-0.2, 0) is 6.54 Å². The zero-order valence-electron chi connectivity index (χ0n) is 10.5. The monoisotopic (exact) mass is 245 g/mol. The molecule has 0 bridgehead atoms. The van der Waals surface area contributed by atoms with E-state index in [0.717, 1.165) is 17.0 Å². The van der Waals surface area contributed by atoms with Crippen molar-refractivity contribution in [3.05, 3.63) is 59.4 Å². The molecule has 3 heteroatoms. The van der Waals surface area contributed by atoms with Crippen LogP contribution in [0.4, 0.5) is 10.1 Å².